The fourth-order valence-corrected chi connectivity index (χ4v) is 2.19. The fraction of sp³-hybridized carbons (Fsp3) is 0.667. The van der Waals surface area contributed by atoms with E-state index >= 15 is 0 Å². The summed E-state index contributed by atoms with van der Waals surface area (Å²) in [7, 11) is -12.2. The second-order valence-electron chi connectivity index (χ2n) is 2.08. The molecule has 0 aromatic carbocycles. The van der Waals surface area contributed by atoms with E-state index in [4.69, 9.17) is 0 Å². The number of hydrogen-bond donors (Lipinski definition) is 0. The standard InChI is InChI=1S/C3H2F6NO3S2/c1-14(11,2(4,5)6)10-15(12,13)3(7,8)9/h1H2/q-1. The van der Waals surface area contributed by atoms with Crippen LogP contribution in [0.3, 0.4) is 0 Å². The topological polar surface area (TPSA) is 65.3 Å². The summed E-state index contributed by atoms with van der Waals surface area (Å²) < 4.78 is 102. The lowest BCUT2D eigenvalue weighted by molar-refractivity contribution is -0.0430. The first-order valence-corrected chi connectivity index (χ1v) is 5.82. The normalized spacial score (nSPS) is 18.5. The van der Waals surface area contributed by atoms with Gasteiger partial charge in [-0.15, -0.1) is 0 Å². The molecule has 0 bridgehead atoms. The van der Waals surface area contributed by atoms with Crippen molar-refractivity contribution in [1.82, 2.24) is 0 Å². The first kappa shape index (κ1) is 14.5. The van der Waals surface area contributed by atoms with Gasteiger partial charge in [0.25, 0.3) is 0 Å². The maximum atomic E-state index is 11.7. The van der Waals surface area contributed by atoms with Gasteiger partial charge in [-0.25, -0.2) is 8.42 Å². The molecule has 15 heavy (non-hydrogen) atoms. The van der Waals surface area contributed by atoms with Gasteiger partial charge in [-0.1, -0.05) is 5.87 Å². The molecule has 0 aromatic rings. The van der Waals surface area contributed by atoms with Gasteiger partial charge in [0.15, 0.2) is 10.0 Å². The zero-order chi connectivity index (χ0) is 12.7. The number of nitrogens with zero attached hydrogens (tertiary/aromatic N) is 1. The predicted molar refractivity (Wildman–Crippen MR) is 39.7 cm³/mol. The molecule has 0 rings (SSSR count). The van der Waals surface area contributed by atoms with Crippen LogP contribution in [-0.2, 0) is 19.7 Å². The SMILES string of the molecule is C=S(=O)([N-]S(=O)(=O)C(F)(F)F)C(F)(F)F. The van der Waals surface area contributed by atoms with Crippen LogP contribution in [0.5, 0.6) is 0 Å². The molecule has 0 fully saturated rings. The fourth-order valence-electron chi connectivity index (χ4n) is 0.243. The molecule has 0 aliphatic carbocycles. The van der Waals surface area contributed by atoms with Crippen LogP contribution in [0.25, 0.3) is 4.13 Å². The van der Waals surface area contributed by atoms with Crippen molar-refractivity contribution in [3.63, 3.8) is 0 Å². The Morgan fingerprint density at radius 2 is 1.20 bits per heavy atom. The quantitative estimate of drug-likeness (QED) is 0.566. The molecule has 0 aromatic heterocycles. The Labute approximate surface area is 80.5 Å². The molecule has 4 nitrogen and oxygen atoms in total. The van der Waals surface area contributed by atoms with Gasteiger partial charge >= 0.3 is 11.0 Å². The highest BCUT2D eigenvalue weighted by atomic mass is 32.3. The molecule has 1 unspecified atom stereocenters. The van der Waals surface area contributed by atoms with Crippen LogP contribution in [0.1, 0.15) is 0 Å². The molecule has 1 atom stereocenters. The van der Waals surface area contributed by atoms with E-state index in [1.54, 1.807) is 5.87 Å². The predicted octanol–water partition coefficient (Wildman–Crippen LogP) is 1.36. The van der Waals surface area contributed by atoms with Gasteiger partial charge in [0.05, 0.1) is 0 Å². The van der Waals surface area contributed by atoms with Crippen molar-refractivity contribution in [2.45, 2.75) is 11.0 Å². The van der Waals surface area contributed by atoms with Crippen LogP contribution < -0.4 is 0 Å². The average molecular weight is 278 g/mol. The van der Waals surface area contributed by atoms with E-state index < -0.39 is 30.7 Å². The number of rotatable bonds is 2. The third kappa shape index (κ3) is 3.24. The zero-order valence-electron chi connectivity index (χ0n) is 6.46. The molecule has 12 heteroatoms. The molecule has 0 spiro atoms. The van der Waals surface area contributed by atoms with E-state index in [2.05, 4.69) is 0 Å². The highest BCUT2D eigenvalue weighted by Gasteiger charge is 2.43. The smallest absolute Gasteiger partial charge is 0.454 e. The molecule has 0 aliphatic rings. The van der Waals surface area contributed by atoms with E-state index in [0.717, 1.165) is 0 Å². The maximum absolute atomic E-state index is 11.7. The zero-order valence-corrected chi connectivity index (χ0v) is 8.10. The first-order chi connectivity index (χ1) is 6.21. The molecule has 0 saturated carbocycles. The summed E-state index contributed by atoms with van der Waals surface area (Å²) >= 11 is 0. The van der Waals surface area contributed by atoms with Crippen molar-refractivity contribution < 1.29 is 39.0 Å². The highest BCUT2D eigenvalue weighted by Crippen LogP contribution is 2.36. The molecular formula is C3H2F6NO3S2-. The van der Waals surface area contributed by atoms with Gasteiger partial charge in [-0.05, 0) is 9.71 Å². The van der Waals surface area contributed by atoms with E-state index in [1.165, 1.54) is 4.13 Å². The molecule has 0 heterocycles. The first-order valence-electron chi connectivity index (χ1n) is 2.70. The largest absolute Gasteiger partial charge is 0.480 e. The monoisotopic (exact) mass is 278 g/mol. The van der Waals surface area contributed by atoms with Crippen molar-refractivity contribution in [2.75, 3.05) is 0 Å². The van der Waals surface area contributed by atoms with Gasteiger partial charge in [-0.2, -0.15) is 26.3 Å². The van der Waals surface area contributed by atoms with Crippen molar-refractivity contribution in [3.8, 4) is 0 Å². The van der Waals surface area contributed by atoms with E-state index in [1.807, 2.05) is 0 Å². The summed E-state index contributed by atoms with van der Waals surface area (Å²) in [5, 5.41) is 0. The van der Waals surface area contributed by atoms with Gasteiger partial charge in [0.2, 0.25) is 0 Å². The van der Waals surface area contributed by atoms with Gasteiger partial charge < -0.3 is 4.13 Å². The second kappa shape index (κ2) is 3.52. The molecule has 0 N–H and O–H groups in total. The summed E-state index contributed by atoms with van der Waals surface area (Å²) in [6.07, 6.45) is 0. The minimum Gasteiger partial charge on any atom is -0.454 e. The lowest BCUT2D eigenvalue weighted by atomic mass is 11.6. The second-order valence-corrected chi connectivity index (χ2v) is 5.83. The number of alkyl halides is 6. The van der Waals surface area contributed by atoms with E-state index in [0.29, 0.717) is 0 Å². The summed E-state index contributed by atoms with van der Waals surface area (Å²) in [5.74, 6) is 1.80. The minimum atomic E-state index is -6.47. The molecule has 0 radical (unpaired) electrons. The van der Waals surface area contributed by atoms with Crippen molar-refractivity contribution in [3.05, 3.63) is 4.13 Å². The number of sulfonamides is 1. The van der Waals surface area contributed by atoms with Crippen LogP contribution in [0.4, 0.5) is 26.3 Å². The lowest BCUT2D eigenvalue weighted by Gasteiger charge is -2.27. The minimum absolute atomic E-state index is 1.22. The van der Waals surface area contributed by atoms with Crippen LogP contribution in [-0.4, -0.2) is 29.5 Å². The Kier molecular flexibility index (Phi) is 3.40. The summed E-state index contributed by atoms with van der Waals surface area (Å²) in [6.45, 7) is 0. The van der Waals surface area contributed by atoms with Crippen molar-refractivity contribution in [2.24, 2.45) is 0 Å². The lowest BCUT2D eigenvalue weighted by Crippen LogP contribution is -2.29. The summed E-state index contributed by atoms with van der Waals surface area (Å²) in [5.41, 5.74) is -11.8. The Bertz CT molecular complexity index is 385. The van der Waals surface area contributed by atoms with Crippen LogP contribution in [0.15, 0.2) is 0 Å². The van der Waals surface area contributed by atoms with Crippen molar-refractivity contribution >= 4 is 25.6 Å². The third-order valence-electron chi connectivity index (χ3n) is 0.873. The third-order valence-corrected chi connectivity index (χ3v) is 3.93. The van der Waals surface area contributed by atoms with Gasteiger partial charge in [-0.3, -0.25) is 4.21 Å². The van der Waals surface area contributed by atoms with E-state index in [9.17, 15) is 39.0 Å². The van der Waals surface area contributed by atoms with E-state index in [-0.39, 0.29) is 0 Å². The molecule has 0 aliphatic heterocycles. The van der Waals surface area contributed by atoms with Crippen molar-refractivity contribution in [1.29, 1.82) is 0 Å². The number of hydrogen-bond acceptors (Lipinski definition) is 3. The maximum Gasteiger partial charge on any atom is 0.480 e. The highest BCUT2D eigenvalue weighted by molar-refractivity contribution is 8.17. The Hall–Kier alpha value is -0.490. The van der Waals surface area contributed by atoms with Crippen LogP contribution in [0, 0.1) is 0 Å². The Morgan fingerprint density at radius 3 is 1.40 bits per heavy atom. The molecule has 0 saturated heterocycles. The van der Waals surface area contributed by atoms with Crippen LogP contribution >= 0.6 is 0 Å². The Morgan fingerprint density at radius 1 is 0.867 bits per heavy atom. The summed E-state index contributed by atoms with van der Waals surface area (Å²) in [6, 6.07) is 0. The van der Waals surface area contributed by atoms with Crippen LogP contribution in [0.2, 0.25) is 0 Å². The van der Waals surface area contributed by atoms with Gasteiger partial charge in [0, 0.05) is 0 Å². The summed E-state index contributed by atoms with van der Waals surface area (Å²) in [4.78, 5) is 0. The average Bonchev–Trinajstić information content (AvgIpc) is 1.77. The molecule has 0 amide bonds. The van der Waals surface area contributed by atoms with Gasteiger partial charge in [0.1, 0.15) is 0 Å². The molecular weight excluding hydrogens is 276 g/mol. The Balaban J connectivity index is 5.28. The number of halogens is 6. The molecule has 92 valence electrons.